The summed E-state index contributed by atoms with van der Waals surface area (Å²) in [5.74, 6) is -1.02. The summed E-state index contributed by atoms with van der Waals surface area (Å²) in [6.45, 7) is 127. The molecule has 0 aromatic heterocycles. The summed E-state index contributed by atoms with van der Waals surface area (Å²) in [4.78, 5) is 92.1. The Morgan fingerprint density at radius 3 is 0.955 bits per heavy atom. The van der Waals surface area contributed by atoms with Gasteiger partial charge < -0.3 is 68.6 Å². The maximum Gasteiger partial charge on any atom is 0.323 e. The predicted molar refractivity (Wildman–Crippen MR) is 566 cm³/mol. The van der Waals surface area contributed by atoms with E-state index in [2.05, 4.69) is 207 Å². The van der Waals surface area contributed by atoms with Gasteiger partial charge in [-0.1, -0.05) is 194 Å². The van der Waals surface area contributed by atoms with Crippen LogP contribution in [-0.2, 0) is 85.7 Å². The molecule has 1 amide bonds. The molecule has 133 heavy (non-hydrogen) atoms. The van der Waals surface area contributed by atoms with Crippen molar-refractivity contribution in [2.75, 3.05) is 53.2 Å². The van der Waals surface area contributed by atoms with Crippen molar-refractivity contribution in [3.8, 4) is 0 Å². The molecule has 0 aliphatic carbocycles. The van der Waals surface area contributed by atoms with Crippen molar-refractivity contribution in [3.63, 3.8) is 0 Å². The zero-order valence-electron chi connectivity index (χ0n) is 99.8. The van der Waals surface area contributed by atoms with Gasteiger partial charge in [-0.2, -0.15) is 0 Å². The fraction of sp³-hybridized carbons (Fsp3) is 0.928. The lowest BCUT2D eigenvalue weighted by Gasteiger charge is -2.30. The lowest BCUT2D eigenvalue weighted by molar-refractivity contribution is -0.170. The van der Waals surface area contributed by atoms with Crippen LogP contribution in [-0.4, -0.2) is 175 Å². The third-order valence-electron chi connectivity index (χ3n) is 16.1. The zero-order valence-corrected chi connectivity index (χ0v) is 99.8. The highest BCUT2D eigenvalue weighted by Gasteiger charge is 2.33. The van der Waals surface area contributed by atoms with Crippen LogP contribution in [0.3, 0.4) is 0 Å². The first-order chi connectivity index (χ1) is 58.2. The third kappa shape index (κ3) is 146. The summed E-state index contributed by atoms with van der Waals surface area (Å²) >= 11 is 0. The van der Waals surface area contributed by atoms with Gasteiger partial charge in [0, 0.05) is 47.7 Å². The molecule has 0 heterocycles. The lowest BCUT2D eigenvalue weighted by Crippen LogP contribution is -2.38. The van der Waals surface area contributed by atoms with Crippen LogP contribution in [0.5, 0.6) is 0 Å². The van der Waals surface area contributed by atoms with Crippen molar-refractivity contribution >= 4 is 47.3 Å². The maximum absolute atomic E-state index is 11.6. The van der Waals surface area contributed by atoms with E-state index in [1.54, 1.807) is 90.0 Å². The van der Waals surface area contributed by atoms with E-state index >= 15 is 0 Å². The first kappa shape index (κ1) is 152. The minimum Gasteiger partial charge on any atom is -0.464 e. The number of hydrogen-bond donors (Lipinski definition) is 3. The van der Waals surface area contributed by atoms with E-state index in [1.807, 2.05) is 145 Å². The number of Topliss-reactive ketones (excluding diaryl/α,β-unsaturated/α-hetero) is 2. The van der Waals surface area contributed by atoms with E-state index < -0.39 is 40.6 Å². The molecular formula is C111H232N4O18. The number of carbonyl (C=O) groups excluding carboxylic acids is 8. The van der Waals surface area contributed by atoms with Crippen molar-refractivity contribution in [2.24, 2.45) is 73.2 Å². The highest BCUT2D eigenvalue weighted by atomic mass is 16.7. The van der Waals surface area contributed by atoms with Crippen LogP contribution in [0.1, 0.15) is 486 Å². The molecule has 804 valence electrons. The van der Waals surface area contributed by atoms with E-state index in [9.17, 15) is 38.4 Å². The minimum atomic E-state index is -0.795. The van der Waals surface area contributed by atoms with Gasteiger partial charge in [-0.25, -0.2) is 0 Å². The quantitative estimate of drug-likeness (QED) is 0.0191. The van der Waals surface area contributed by atoms with Crippen LogP contribution in [0.2, 0.25) is 0 Å². The van der Waals surface area contributed by atoms with Crippen LogP contribution < -0.4 is 16.4 Å². The Kier molecular flexibility index (Phi) is 81.5. The Morgan fingerprint density at radius 2 is 0.707 bits per heavy atom. The van der Waals surface area contributed by atoms with Crippen molar-refractivity contribution in [2.45, 2.75) is 555 Å². The second-order valence-electron chi connectivity index (χ2n) is 53.2. The van der Waals surface area contributed by atoms with Gasteiger partial charge in [-0.15, -0.1) is 0 Å². The van der Waals surface area contributed by atoms with Gasteiger partial charge in [-0.3, -0.25) is 38.4 Å². The molecule has 0 fully saturated rings. The first-order valence-electron chi connectivity index (χ1n) is 50.1. The number of amides is 1. The Bertz CT molecular complexity index is 2780. The number of esters is 5. The second kappa shape index (κ2) is 71.4. The largest absolute Gasteiger partial charge is 0.464 e. The van der Waals surface area contributed by atoms with Crippen molar-refractivity contribution in [1.82, 2.24) is 15.5 Å². The third-order valence-corrected chi connectivity index (χ3v) is 16.1. The zero-order chi connectivity index (χ0) is 109. The van der Waals surface area contributed by atoms with Gasteiger partial charge in [0.2, 0.25) is 5.91 Å². The Hall–Kier alpha value is -4.00. The van der Waals surface area contributed by atoms with E-state index in [1.165, 1.54) is 64.5 Å². The molecule has 0 aliphatic heterocycles. The van der Waals surface area contributed by atoms with Gasteiger partial charge in [0.15, 0.2) is 6.29 Å². The molecule has 0 saturated carbocycles. The summed E-state index contributed by atoms with van der Waals surface area (Å²) in [6, 6.07) is -0.795. The molecule has 4 N–H and O–H groups in total. The number of carbonyl (C=O) groups is 8. The summed E-state index contributed by atoms with van der Waals surface area (Å²) in [5, 5.41) is 6.15. The number of nitrogens with two attached hydrogens (primary N) is 1. The number of hydrogen-bond acceptors (Lipinski definition) is 21. The molecule has 0 spiro atoms. The van der Waals surface area contributed by atoms with Crippen molar-refractivity contribution in [3.05, 3.63) is 0 Å². The average Bonchev–Trinajstić information content (AvgIpc) is 0.848. The molecule has 0 radical (unpaired) electrons. The van der Waals surface area contributed by atoms with E-state index in [4.69, 9.17) is 48.4 Å². The number of ether oxygens (including phenoxy) is 10. The normalized spacial score (nSPS) is 12.8. The number of rotatable bonds is 31. The summed E-state index contributed by atoms with van der Waals surface area (Å²) in [5.41, 5.74) is 5.54. The number of nitrogens with zero attached hydrogens (tertiary/aromatic N) is 1. The van der Waals surface area contributed by atoms with Gasteiger partial charge in [0.25, 0.3) is 0 Å². The van der Waals surface area contributed by atoms with Gasteiger partial charge in [-0.05, 0) is 334 Å². The molecule has 0 aromatic rings. The monoisotopic (exact) mass is 1910 g/mol. The SMILES string of the molecule is CC(C)(C)C(=O)C(C)(C)C.CC(C)(C)CCCNC(C)(C)C.CC(C)(C)CCCOC(C)(C)C.CC(C)(C)OC(=O)CCC(N)C(=O)OC(C)(C)C.CC(C)(C)OC(C)(C)C.CC(C)(C)OCOC(C)(C)C.CC(C)C(=O)NCCOC(=O)C(C)C.CC(C)C(=O)OC(=O)C(C)(C)C.CC(C)CC(=O)C(C)C.CC(C)OC(C)OC(C)C.CN(CCCC(C)(C)C)CCCC(C)(C)C. The lowest BCUT2D eigenvalue weighted by atomic mass is 9.76. The summed E-state index contributed by atoms with van der Waals surface area (Å²) < 4.78 is 52.4. The minimum absolute atomic E-state index is 0.0156. The van der Waals surface area contributed by atoms with Gasteiger partial charge in [0.05, 0.1) is 64.0 Å². The fourth-order valence-electron chi connectivity index (χ4n) is 10.0. The summed E-state index contributed by atoms with van der Waals surface area (Å²) in [7, 11) is 2.26. The molecule has 1 atom stereocenters. The first-order valence-corrected chi connectivity index (χ1v) is 50.1. The Morgan fingerprint density at radius 1 is 0.361 bits per heavy atom. The predicted octanol–water partition coefficient (Wildman–Crippen LogP) is 28.2. The van der Waals surface area contributed by atoms with Crippen molar-refractivity contribution < 1.29 is 85.7 Å². The molecule has 0 bridgehead atoms. The Labute approximate surface area is 826 Å². The Balaban J connectivity index is -0.000000138. The smallest absolute Gasteiger partial charge is 0.323 e. The van der Waals surface area contributed by atoms with Crippen LogP contribution >= 0.6 is 0 Å². The van der Waals surface area contributed by atoms with Gasteiger partial charge in [0.1, 0.15) is 42.2 Å². The maximum atomic E-state index is 11.6. The highest BCUT2D eigenvalue weighted by Crippen LogP contribution is 2.29. The number of nitrogens with one attached hydrogen (secondary N) is 2. The van der Waals surface area contributed by atoms with Crippen molar-refractivity contribution in [1.29, 1.82) is 0 Å². The molecule has 1 unspecified atom stereocenters. The van der Waals surface area contributed by atoms with Crippen LogP contribution in [0.4, 0.5) is 0 Å². The summed E-state index contributed by atoms with van der Waals surface area (Å²) in [6.07, 6.45) is 11.8. The number of ketones is 2. The van der Waals surface area contributed by atoms with Crippen LogP contribution in [0.25, 0.3) is 0 Å². The van der Waals surface area contributed by atoms with E-state index in [0.29, 0.717) is 52.5 Å². The second-order valence-corrected chi connectivity index (χ2v) is 53.2. The van der Waals surface area contributed by atoms with Crippen LogP contribution in [0, 0.1) is 67.5 Å². The molecular weight excluding hydrogens is 1680 g/mol. The molecule has 0 saturated heterocycles. The average molecular weight is 1910 g/mol. The fourth-order valence-corrected chi connectivity index (χ4v) is 10.0. The van der Waals surface area contributed by atoms with E-state index in [-0.39, 0.29) is 124 Å². The molecule has 22 heteroatoms. The molecule has 0 rings (SSSR count). The topological polar surface area (TPSA) is 282 Å². The van der Waals surface area contributed by atoms with Crippen LogP contribution in [0.15, 0.2) is 0 Å². The molecule has 0 aromatic carbocycles. The van der Waals surface area contributed by atoms with Gasteiger partial charge >= 0.3 is 29.8 Å². The van der Waals surface area contributed by atoms with E-state index in [0.717, 1.165) is 19.6 Å². The molecule has 22 nitrogen and oxygen atoms in total. The highest BCUT2D eigenvalue weighted by molar-refractivity contribution is 5.89. The standard InChI is InChI=1S/C15H33N.C13H25NO4.C11H25N.C11H24O.C10H19NO3.C9H16O3.C9H20O2.C9H18O.C8H18O2.C8H18O.C8H16O/c1-14(2,3)10-8-12-16(7)13-9-11-15(4,5)6;1-12(2,3)17-10(15)8-7-9(14)11(16)18-13(4,5)6;2*1-10(2,3)8-7-9-12-11(4,5)6;1-7(2)9(12)11-5-6-14-10(13)8(3)4;1-6(2)7(10)12-8(11)9(3,4)5;1-8(2,3)10-7-11-9(4,5)6;1-8(2,3)7(10)9(4,5)6;1-6(2)9-8(5)10-7(3)4;1-7(2,3)9-8(4,5)6;1-6(2)5-8(9)7(3)4/h8-13H2,1-7H3;9H,7-8,14H2,1-6H3;12H,7-9H2,1-6H3;7-9H2,1-6H3;7-8H,5-6H2,1-4H3,(H,11,12);6H,1-5H3;7H2,1-6H3;1-6H3;6-8H,1-5H3;1-6H3;6-7H,5H2,1-4H3. The molecule has 0 aliphatic rings.